The van der Waals surface area contributed by atoms with Gasteiger partial charge in [-0.25, -0.2) is 4.57 Å². The zero-order valence-corrected chi connectivity index (χ0v) is 23.4. The van der Waals surface area contributed by atoms with E-state index in [2.05, 4.69) is 6.92 Å². The summed E-state index contributed by atoms with van der Waals surface area (Å²) in [6, 6.07) is 13.4. The SMILES string of the molecule is CCCCCCCCCCCCCCCOP(=O)(OCCOCC)OOc1cccc2ccccc12. The summed E-state index contributed by atoms with van der Waals surface area (Å²) in [5.74, 6) is 0.464. The van der Waals surface area contributed by atoms with Gasteiger partial charge in [0.15, 0.2) is 5.75 Å². The van der Waals surface area contributed by atoms with E-state index in [9.17, 15) is 4.57 Å². The smallest absolute Gasteiger partial charge is 0.379 e. The van der Waals surface area contributed by atoms with Gasteiger partial charge in [-0.3, -0.25) is 9.05 Å². The molecule has 0 saturated carbocycles. The second-order valence-corrected chi connectivity index (χ2v) is 10.7. The van der Waals surface area contributed by atoms with E-state index in [-0.39, 0.29) is 6.61 Å². The van der Waals surface area contributed by atoms with Crippen LogP contribution in [0.1, 0.15) is 97.3 Å². The third-order valence-corrected chi connectivity index (χ3v) is 7.40. The average Bonchev–Trinajstić information content (AvgIpc) is 2.90. The van der Waals surface area contributed by atoms with Gasteiger partial charge >= 0.3 is 7.82 Å². The standard InChI is InChI=1S/C29H47O6P/c1-3-5-6-7-8-9-10-11-12-13-14-15-18-24-32-36(30,33-26-25-31-4-2)35-34-29-23-19-21-27-20-16-17-22-28(27)29/h16-17,19-23H,3-15,18,24-26H2,1-2H3. The van der Waals surface area contributed by atoms with Crippen LogP contribution < -0.4 is 4.89 Å². The first-order chi connectivity index (χ1) is 17.7. The zero-order chi connectivity index (χ0) is 25.7. The Morgan fingerprint density at radius 2 is 1.22 bits per heavy atom. The molecular formula is C29H47O6P. The average molecular weight is 523 g/mol. The fourth-order valence-corrected chi connectivity index (χ4v) is 5.07. The van der Waals surface area contributed by atoms with Crippen molar-refractivity contribution in [2.24, 2.45) is 0 Å². The molecule has 1 unspecified atom stereocenters. The Kier molecular flexibility index (Phi) is 16.8. The minimum Gasteiger partial charge on any atom is -0.379 e. The van der Waals surface area contributed by atoms with Crippen LogP contribution in [0.25, 0.3) is 10.8 Å². The maximum atomic E-state index is 13.2. The summed E-state index contributed by atoms with van der Waals surface area (Å²) in [7, 11) is -3.89. The fourth-order valence-electron chi connectivity index (χ4n) is 4.08. The molecule has 7 heteroatoms. The number of rotatable bonds is 23. The summed E-state index contributed by atoms with van der Waals surface area (Å²) in [5, 5.41) is 1.86. The quantitative estimate of drug-likeness (QED) is 0.0627. The van der Waals surface area contributed by atoms with Crippen molar-refractivity contribution in [1.82, 2.24) is 0 Å². The molecule has 0 bridgehead atoms. The molecule has 0 fully saturated rings. The third-order valence-electron chi connectivity index (χ3n) is 6.15. The van der Waals surface area contributed by atoms with Gasteiger partial charge in [-0.1, -0.05) is 125 Å². The summed E-state index contributed by atoms with van der Waals surface area (Å²) < 4.78 is 34.7. The number of hydrogen-bond donors (Lipinski definition) is 0. The van der Waals surface area contributed by atoms with E-state index in [4.69, 9.17) is 23.3 Å². The number of benzene rings is 2. The summed E-state index contributed by atoms with van der Waals surface area (Å²) in [5.41, 5.74) is 0. The number of hydrogen-bond acceptors (Lipinski definition) is 6. The molecule has 36 heavy (non-hydrogen) atoms. The minimum atomic E-state index is -3.89. The first kappa shape index (κ1) is 30.8. The molecule has 2 rings (SSSR count). The highest BCUT2D eigenvalue weighted by molar-refractivity contribution is 7.48. The molecule has 0 radical (unpaired) electrons. The van der Waals surface area contributed by atoms with Gasteiger partial charge in [0.1, 0.15) is 0 Å². The largest absolute Gasteiger partial charge is 0.511 e. The van der Waals surface area contributed by atoms with E-state index in [0.717, 1.165) is 30.0 Å². The number of unbranched alkanes of at least 4 members (excludes halogenated alkanes) is 12. The molecule has 204 valence electrons. The van der Waals surface area contributed by atoms with Gasteiger partial charge in [0.2, 0.25) is 0 Å². The van der Waals surface area contributed by atoms with Crippen LogP contribution in [0.15, 0.2) is 42.5 Å². The second-order valence-electron chi connectivity index (χ2n) is 9.19. The molecular weight excluding hydrogens is 475 g/mol. The monoisotopic (exact) mass is 522 g/mol. The van der Waals surface area contributed by atoms with Crippen molar-refractivity contribution in [1.29, 1.82) is 0 Å². The lowest BCUT2D eigenvalue weighted by molar-refractivity contribution is -0.132. The van der Waals surface area contributed by atoms with Crippen LogP contribution in [0.4, 0.5) is 0 Å². The summed E-state index contributed by atoms with van der Waals surface area (Å²) in [6.07, 6.45) is 16.4. The molecule has 0 aliphatic heterocycles. The van der Waals surface area contributed by atoms with E-state index in [1.807, 2.05) is 43.3 Å². The highest BCUT2D eigenvalue weighted by Gasteiger charge is 2.29. The predicted octanol–water partition coefficient (Wildman–Crippen LogP) is 9.42. The second kappa shape index (κ2) is 19.7. The number of phosphoric acid groups is 1. The van der Waals surface area contributed by atoms with Gasteiger partial charge in [0.25, 0.3) is 0 Å². The molecule has 1 atom stereocenters. The van der Waals surface area contributed by atoms with Gasteiger partial charge in [0.05, 0.1) is 19.8 Å². The summed E-state index contributed by atoms with van der Waals surface area (Å²) in [6.45, 7) is 5.41. The third kappa shape index (κ3) is 13.2. The van der Waals surface area contributed by atoms with Crippen molar-refractivity contribution in [2.45, 2.75) is 97.3 Å². The Morgan fingerprint density at radius 1 is 0.639 bits per heavy atom. The van der Waals surface area contributed by atoms with Gasteiger partial charge in [-0.05, 0) is 24.8 Å². The summed E-state index contributed by atoms with van der Waals surface area (Å²) >= 11 is 0. The molecule has 2 aromatic carbocycles. The van der Waals surface area contributed by atoms with Crippen LogP contribution in [0.3, 0.4) is 0 Å². The van der Waals surface area contributed by atoms with Crippen LogP contribution in [-0.2, 0) is 23.0 Å². The fraction of sp³-hybridized carbons (Fsp3) is 0.655. The normalized spacial score (nSPS) is 13.2. The van der Waals surface area contributed by atoms with Crippen molar-refractivity contribution in [3.05, 3.63) is 42.5 Å². The number of ether oxygens (including phenoxy) is 1. The first-order valence-electron chi connectivity index (χ1n) is 14.0. The van der Waals surface area contributed by atoms with Crippen LogP contribution in [-0.4, -0.2) is 26.4 Å². The van der Waals surface area contributed by atoms with Crippen LogP contribution in [0.5, 0.6) is 5.75 Å². The van der Waals surface area contributed by atoms with Crippen LogP contribution in [0.2, 0.25) is 0 Å². The Bertz CT molecular complexity index is 853. The molecule has 6 nitrogen and oxygen atoms in total. The van der Waals surface area contributed by atoms with Crippen LogP contribution >= 0.6 is 7.82 Å². The molecule has 0 aromatic heterocycles. The zero-order valence-electron chi connectivity index (χ0n) is 22.5. The van der Waals surface area contributed by atoms with E-state index < -0.39 is 7.82 Å². The van der Waals surface area contributed by atoms with Gasteiger partial charge in [-0.2, -0.15) is 0 Å². The van der Waals surface area contributed by atoms with E-state index in [1.165, 1.54) is 64.2 Å². The molecule has 0 spiro atoms. The molecule has 2 aromatic rings. The number of phosphoric ester groups is 1. The van der Waals surface area contributed by atoms with Crippen LogP contribution in [0, 0.1) is 0 Å². The van der Waals surface area contributed by atoms with E-state index >= 15 is 0 Å². The molecule has 0 aliphatic carbocycles. The lowest BCUT2D eigenvalue weighted by Crippen LogP contribution is -2.08. The van der Waals surface area contributed by atoms with Gasteiger partial charge in [0, 0.05) is 12.0 Å². The Morgan fingerprint density at radius 3 is 1.89 bits per heavy atom. The molecule has 0 saturated heterocycles. The lowest BCUT2D eigenvalue weighted by Gasteiger charge is -2.17. The van der Waals surface area contributed by atoms with Gasteiger partial charge < -0.3 is 9.62 Å². The predicted molar refractivity (Wildman–Crippen MR) is 147 cm³/mol. The Labute approximate surface area is 218 Å². The van der Waals surface area contributed by atoms with Crippen molar-refractivity contribution in [2.75, 3.05) is 26.4 Å². The molecule has 0 heterocycles. The maximum absolute atomic E-state index is 13.2. The molecule has 0 N–H and O–H groups in total. The molecule has 0 aliphatic rings. The van der Waals surface area contributed by atoms with Crippen molar-refractivity contribution < 1.29 is 27.9 Å². The minimum absolute atomic E-state index is 0.0998. The Balaban J connectivity index is 1.65. The van der Waals surface area contributed by atoms with E-state index in [1.54, 1.807) is 6.07 Å². The summed E-state index contributed by atoms with van der Waals surface area (Å²) in [4.78, 5) is 5.46. The highest BCUT2D eigenvalue weighted by atomic mass is 31.2. The lowest BCUT2D eigenvalue weighted by atomic mass is 10.0. The van der Waals surface area contributed by atoms with Crippen molar-refractivity contribution in [3.8, 4) is 5.75 Å². The van der Waals surface area contributed by atoms with E-state index in [0.29, 0.717) is 25.6 Å². The topological polar surface area (TPSA) is 63.2 Å². The van der Waals surface area contributed by atoms with Gasteiger partial charge in [-0.15, -0.1) is 0 Å². The first-order valence-corrected chi connectivity index (χ1v) is 15.5. The molecule has 0 amide bonds. The Hall–Kier alpha value is -1.43. The van der Waals surface area contributed by atoms with Crippen molar-refractivity contribution >= 4 is 18.6 Å². The maximum Gasteiger partial charge on any atom is 0.511 e. The highest BCUT2D eigenvalue weighted by Crippen LogP contribution is 2.50. The van der Waals surface area contributed by atoms with Crippen molar-refractivity contribution in [3.63, 3.8) is 0 Å². The number of fused-ring (bicyclic) bond motifs is 1.